The van der Waals surface area contributed by atoms with Crippen LogP contribution in [0.2, 0.25) is 0 Å². The minimum absolute atomic E-state index is 0.860. The molecule has 1 aromatic carbocycles. The largest absolute Gasteiger partial charge is 0.496 e. The topological polar surface area (TPSA) is 27.1 Å². The van der Waals surface area contributed by atoms with E-state index in [1.807, 2.05) is 42.2 Å². The quantitative estimate of drug-likeness (QED) is 0.747. The van der Waals surface area contributed by atoms with Crippen molar-refractivity contribution >= 4 is 0 Å². The van der Waals surface area contributed by atoms with Gasteiger partial charge in [-0.1, -0.05) is 12.1 Å². The summed E-state index contributed by atoms with van der Waals surface area (Å²) < 4.78 is 7.32. The van der Waals surface area contributed by atoms with E-state index in [-0.39, 0.29) is 0 Å². The molecule has 0 unspecified atom stereocenters. The monoisotopic (exact) mass is 202 g/mol. The van der Waals surface area contributed by atoms with Crippen LogP contribution in [-0.2, 0) is 7.05 Å². The van der Waals surface area contributed by atoms with Gasteiger partial charge in [0.25, 0.3) is 0 Å². The molecular formula is C12H14N2O. The van der Waals surface area contributed by atoms with Gasteiger partial charge in [0, 0.05) is 18.3 Å². The lowest BCUT2D eigenvalue weighted by molar-refractivity contribution is 0.416. The van der Waals surface area contributed by atoms with Crippen molar-refractivity contribution in [3.8, 4) is 17.0 Å². The Bertz CT molecular complexity index is 474. The Kier molecular flexibility index (Phi) is 2.46. The van der Waals surface area contributed by atoms with Crippen LogP contribution in [0.25, 0.3) is 11.3 Å². The van der Waals surface area contributed by atoms with E-state index < -0.39 is 0 Å². The zero-order chi connectivity index (χ0) is 10.8. The van der Waals surface area contributed by atoms with E-state index in [2.05, 4.69) is 11.9 Å². The van der Waals surface area contributed by atoms with Gasteiger partial charge >= 0.3 is 0 Å². The molecule has 1 heterocycles. The van der Waals surface area contributed by atoms with Gasteiger partial charge in [-0.2, -0.15) is 0 Å². The van der Waals surface area contributed by atoms with Gasteiger partial charge in [-0.25, -0.2) is 4.98 Å². The lowest BCUT2D eigenvalue weighted by atomic mass is 10.1. The summed E-state index contributed by atoms with van der Waals surface area (Å²) in [6.45, 7) is 2.05. The van der Waals surface area contributed by atoms with E-state index in [0.717, 1.165) is 22.7 Å². The Morgan fingerprint density at radius 3 is 2.60 bits per heavy atom. The summed E-state index contributed by atoms with van der Waals surface area (Å²) in [4.78, 5) is 4.38. The average Bonchev–Trinajstić information content (AvgIpc) is 2.60. The predicted molar refractivity (Wildman–Crippen MR) is 59.9 cm³/mol. The number of ether oxygens (including phenoxy) is 1. The fourth-order valence-electron chi connectivity index (χ4n) is 1.60. The van der Waals surface area contributed by atoms with Crippen LogP contribution in [0.15, 0.2) is 30.6 Å². The van der Waals surface area contributed by atoms with Crippen molar-refractivity contribution in [3.05, 3.63) is 36.3 Å². The first-order valence-corrected chi connectivity index (χ1v) is 4.85. The first-order chi connectivity index (χ1) is 7.24. The lowest BCUT2D eigenvalue weighted by Gasteiger charge is -2.06. The number of para-hydroxylation sites is 1. The van der Waals surface area contributed by atoms with Crippen molar-refractivity contribution in [2.45, 2.75) is 6.92 Å². The Morgan fingerprint density at radius 2 is 2.00 bits per heavy atom. The number of benzene rings is 1. The van der Waals surface area contributed by atoms with E-state index in [1.165, 1.54) is 0 Å². The van der Waals surface area contributed by atoms with Gasteiger partial charge in [0.1, 0.15) is 5.75 Å². The highest BCUT2D eigenvalue weighted by Gasteiger charge is 2.10. The lowest BCUT2D eigenvalue weighted by Crippen LogP contribution is -1.91. The summed E-state index contributed by atoms with van der Waals surface area (Å²) in [6.07, 6.45) is 1.82. The van der Waals surface area contributed by atoms with E-state index >= 15 is 0 Å². The maximum Gasteiger partial charge on any atom is 0.128 e. The average molecular weight is 202 g/mol. The maximum absolute atomic E-state index is 5.31. The zero-order valence-electron chi connectivity index (χ0n) is 9.19. The van der Waals surface area contributed by atoms with Crippen LogP contribution in [0.4, 0.5) is 0 Å². The van der Waals surface area contributed by atoms with Crippen LogP contribution < -0.4 is 4.74 Å². The number of imidazole rings is 1. The van der Waals surface area contributed by atoms with Crippen LogP contribution in [0, 0.1) is 6.92 Å². The summed E-state index contributed by atoms with van der Waals surface area (Å²) in [5.74, 6) is 0.860. The second-order valence-corrected chi connectivity index (χ2v) is 3.49. The molecule has 0 saturated heterocycles. The summed E-state index contributed by atoms with van der Waals surface area (Å²) in [7, 11) is 3.67. The van der Waals surface area contributed by atoms with Gasteiger partial charge in [0.05, 0.1) is 19.1 Å². The number of nitrogens with zero attached hydrogens (tertiary/aromatic N) is 2. The van der Waals surface area contributed by atoms with Crippen molar-refractivity contribution in [2.75, 3.05) is 7.11 Å². The van der Waals surface area contributed by atoms with E-state index in [4.69, 9.17) is 4.74 Å². The normalized spacial score (nSPS) is 10.3. The van der Waals surface area contributed by atoms with Crippen molar-refractivity contribution in [1.82, 2.24) is 9.55 Å². The van der Waals surface area contributed by atoms with E-state index in [1.54, 1.807) is 7.11 Å². The molecule has 0 saturated carbocycles. The number of aromatic nitrogens is 2. The minimum Gasteiger partial charge on any atom is -0.496 e. The SMILES string of the molecule is COc1ccccc1-c1ncn(C)c1C. The Labute approximate surface area is 89.3 Å². The number of hydrogen-bond acceptors (Lipinski definition) is 2. The highest BCUT2D eigenvalue weighted by molar-refractivity contribution is 5.68. The first kappa shape index (κ1) is 9.77. The molecule has 0 fully saturated rings. The molecule has 0 aliphatic rings. The van der Waals surface area contributed by atoms with Crippen molar-refractivity contribution in [1.29, 1.82) is 0 Å². The summed E-state index contributed by atoms with van der Waals surface area (Å²) >= 11 is 0. The van der Waals surface area contributed by atoms with E-state index in [9.17, 15) is 0 Å². The predicted octanol–water partition coefficient (Wildman–Crippen LogP) is 2.40. The standard InChI is InChI=1S/C12H14N2O/c1-9-12(13-8-14(9)2)10-6-4-5-7-11(10)15-3/h4-8H,1-3H3. The van der Waals surface area contributed by atoms with Crippen LogP contribution >= 0.6 is 0 Å². The third kappa shape index (κ3) is 1.61. The smallest absolute Gasteiger partial charge is 0.128 e. The molecule has 0 atom stereocenters. The molecule has 15 heavy (non-hydrogen) atoms. The highest BCUT2D eigenvalue weighted by Crippen LogP contribution is 2.30. The third-order valence-electron chi connectivity index (χ3n) is 2.59. The first-order valence-electron chi connectivity index (χ1n) is 4.85. The Hall–Kier alpha value is -1.77. The van der Waals surface area contributed by atoms with Crippen molar-refractivity contribution in [3.63, 3.8) is 0 Å². The van der Waals surface area contributed by atoms with Crippen LogP contribution in [0.5, 0.6) is 5.75 Å². The molecule has 3 nitrogen and oxygen atoms in total. The molecule has 2 rings (SSSR count). The van der Waals surface area contributed by atoms with Crippen molar-refractivity contribution in [2.24, 2.45) is 7.05 Å². The van der Waals surface area contributed by atoms with Gasteiger partial charge in [-0.3, -0.25) is 0 Å². The zero-order valence-corrected chi connectivity index (χ0v) is 9.19. The van der Waals surface area contributed by atoms with Crippen LogP contribution in [-0.4, -0.2) is 16.7 Å². The molecule has 1 aromatic heterocycles. The maximum atomic E-state index is 5.31. The molecule has 0 radical (unpaired) electrons. The molecule has 2 aromatic rings. The van der Waals surface area contributed by atoms with Gasteiger partial charge in [0.15, 0.2) is 0 Å². The van der Waals surface area contributed by atoms with E-state index in [0.29, 0.717) is 0 Å². The second kappa shape index (κ2) is 3.77. The molecule has 0 aliphatic heterocycles. The molecule has 0 aliphatic carbocycles. The Morgan fingerprint density at radius 1 is 1.27 bits per heavy atom. The van der Waals surface area contributed by atoms with Crippen LogP contribution in [0.3, 0.4) is 0 Å². The molecular weight excluding hydrogens is 188 g/mol. The highest BCUT2D eigenvalue weighted by atomic mass is 16.5. The van der Waals surface area contributed by atoms with Gasteiger partial charge in [-0.15, -0.1) is 0 Å². The van der Waals surface area contributed by atoms with Gasteiger partial charge in [0.2, 0.25) is 0 Å². The fourth-order valence-corrected chi connectivity index (χ4v) is 1.60. The Balaban J connectivity index is 2.58. The summed E-state index contributed by atoms with van der Waals surface area (Å²) in [6, 6.07) is 7.92. The van der Waals surface area contributed by atoms with Gasteiger partial charge < -0.3 is 9.30 Å². The molecule has 0 amide bonds. The fraction of sp³-hybridized carbons (Fsp3) is 0.250. The molecule has 3 heteroatoms. The molecule has 78 valence electrons. The molecule has 0 spiro atoms. The van der Waals surface area contributed by atoms with Gasteiger partial charge in [-0.05, 0) is 19.1 Å². The third-order valence-corrected chi connectivity index (χ3v) is 2.59. The molecule has 0 bridgehead atoms. The number of methoxy groups -OCH3 is 1. The minimum atomic E-state index is 0.860. The van der Waals surface area contributed by atoms with Crippen LogP contribution in [0.1, 0.15) is 5.69 Å². The number of hydrogen-bond donors (Lipinski definition) is 0. The summed E-state index contributed by atoms with van der Waals surface area (Å²) in [5.41, 5.74) is 3.16. The number of aryl methyl sites for hydroxylation is 1. The second-order valence-electron chi connectivity index (χ2n) is 3.49. The van der Waals surface area contributed by atoms with Crippen molar-refractivity contribution < 1.29 is 4.74 Å². The molecule has 0 N–H and O–H groups in total. The summed E-state index contributed by atoms with van der Waals surface area (Å²) in [5, 5.41) is 0. The number of rotatable bonds is 2.